The van der Waals surface area contributed by atoms with Crippen molar-refractivity contribution in [3.8, 4) is 5.75 Å². The van der Waals surface area contributed by atoms with Crippen LogP contribution in [-0.4, -0.2) is 30.9 Å². The zero-order valence-electron chi connectivity index (χ0n) is 10.4. The zero-order valence-corrected chi connectivity index (χ0v) is 11.1. The zero-order chi connectivity index (χ0) is 14.0. The average Bonchev–Trinajstić information content (AvgIpc) is 3.16. The largest absolute Gasteiger partial charge is 0.478 e. The SMILES string of the molecule is COCC(Oc1cc(F)c(Cl)cc1C1CC1)C(=O)O. The van der Waals surface area contributed by atoms with Gasteiger partial charge in [-0.25, -0.2) is 9.18 Å². The van der Waals surface area contributed by atoms with Gasteiger partial charge in [-0.1, -0.05) is 11.6 Å². The van der Waals surface area contributed by atoms with Crippen molar-refractivity contribution in [2.24, 2.45) is 0 Å². The molecule has 1 aliphatic carbocycles. The van der Waals surface area contributed by atoms with E-state index in [1.807, 2.05) is 0 Å². The Morgan fingerprint density at radius 2 is 2.26 bits per heavy atom. The lowest BCUT2D eigenvalue weighted by molar-refractivity contribution is -0.147. The molecule has 6 heteroatoms. The second kappa shape index (κ2) is 5.75. The molecule has 19 heavy (non-hydrogen) atoms. The molecule has 0 radical (unpaired) electrons. The van der Waals surface area contributed by atoms with Gasteiger partial charge in [0.05, 0.1) is 11.6 Å². The van der Waals surface area contributed by atoms with Crippen molar-refractivity contribution in [2.75, 3.05) is 13.7 Å². The van der Waals surface area contributed by atoms with Crippen molar-refractivity contribution in [3.63, 3.8) is 0 Å². The van der Waals surface area contributed by atoms with Crippen LogP contribution in [0.4, 0.5) is 4.39 Å². The Kier molecular flexibility index (Phi) is 4.27. The molecule has 1 unspecified atom stereocenters. The minimum absolute atomic E-state index is 0.0212. The molecular weight excluding hydrogens is 275 g/mol. The van der Waals surface area contributed by atoms with E-state index in [9.17, 15) is 9.18 Å². The maximum Gasteiger partial charge on any atom is 0.347 e. The van der Waals surface area contributed by atoms with Crippen LogP contribution in [0.3, 0.4) is 0 Å². The van der Waals surface area contributed by atoms with Gasteiger partial charge in [0.25, 0.3) is 0 Å². The summed E-state index contributed by atoms with van der Waals surface area (Å²) in [5.41, 5.74) is 0.758. The summed E-state index contributed by atoms with van der Waals surface area (Å²) in [4.78, 5) is 11.0. The number of methoxy groups -OCH3 is 1. The van der Waals surface area contributed by atoms with Crippen LogP contribution in [0, 0.1) is 5.82 Å². The molecule has 1 N–H and O–H groups in total. The number of carboxylic acid groups (broad SMARTS) is 1. The molecule has 0 amide bonds. The molecule has 0 spiro atoms. The van der Waals surface area contributed by atoms with Gasteiger partial charge in [-0.2, -0.15) is 0 Å². The molecule has 104 valence electrons. The Morgan fingerprint density at radius 1 is 1.58 bits per heavy atom. The Hall–Kier alpha value is -1.33. The van der Waals surface area contributed by atoms with E-state index in [1.165, 1.54) is 13.2 Å². The van der Waals surface area contributed by atoms with E-state index in [1.54, 1.807) is 0 Å². The van der Waals surface area contributed by atoms with Gasteiger partial charge in [0.1, 0.15) is 11.6 Å². The Bertz CT molecular complexity index is 488. The predicted molar refractivity (Wildman–Crippen MR) is 67.3 cm³/mol. The molecule has 0 heterocycles. The van der Waals surface area contributed by atoms with Crippen LogP contribution in [0.5, 0.6) is 5.75 Å². The monoisotopic (exact) mass is 288 g/mol. The number of aliphatic carboxylic acids is 1. The Balaban J connectivity index is 2.27. The maximum absolute atomic E-state index is 13.5. The summed E-state index contributed by atoms with van der Waals surface area (Å²) >= 11 is 5.75. The summed E-state index contributed by atoms with van der Waals surface area (Å²) in [5, 5.41) is 9.03. The van der Waals surface area contributed by atoms with Gasteiger partial charge in [-0.15, -0.1) is 0 Å². The molecule has 1 aliphatic rings. The van der Waals surface area contributed by atoms with E-state index in [4.69, 9.17) is 26.2 Å². The molecule has 0 aliphatic heterocycles. The summed E-state index contributed by atoms with van der Waals surface area (Å²) in [6, 6.07) is 2.65. The van der Waals surface area contributed by atoms with Gasteiger partial charge in [0.2, 0.25) is 6.10 Å². The summed E-state index contributed by atoms with van der Waals surface area (Å²) in [6.45, 7) is -0.107. The fraction of sp³-hybridized carbons (Fsp3) is 0.462. The number of hydrogen-bond donors (Lipinski definition) is 1. The first-order valence-electron chi connectivity index (χ1n) is 5.90. The van der Waals surface area contributed by atoms with Crippen LogP contribution >= 0.6 is 11.6 Å². The van der Waals surface area contributed by atoms with Crippen molar-refractivity contribution >= 4 is 17.6 Å². The molecule has 0 saturated heterocycles. The summed E-state index contributed by atoms with van der Waals surface area (Å²) < 4.78 is 23.6. The first-order chi connectivity index (χ1) is 9.02. The molecule has 0 bridgehead atoms. The first-order valence-corrected chi connectivity index (χ1v) is 6.28. The summed E-state index contributed by atoms with van der Waals surface area (Å²) in [5.74, 6) is -1.28. The van der Waals surface area contributed by atoms with E-state index >= 15 is 0 Å². The lowest BCUT2D eigenvalue weighted by Gasteiger charge is -2.17. The molecular formula is C13H14ClFO4. The highest BCUT2D eigenvalue weighted by Crippen LogP contribution is 2.45. The summed E-state index contributed by atoms with van der Waals surface area (Å²) in [7, 11) is 1.38. The number of carboxylic acids is 1. The minimum Gasteiger partial charge on any atom is -0.478 e. The average molecular weight is 289 g/mol. The number of hydrogen-bond acceptors (Lipinski definition) is 3. The fourth-order valence-corrected chi connectivity index (χ4v) is 1.99. The third kappa shape index (κ3) is 3.36. The lowest BCUT2D eigenvalue weighted by atomic mass is 10.1. The number of benzene rings is 1. The van der Waals surface area contributed by atoms with Gasteiger partial charge in [0.15, 0.2) is 0 Å². The lowest BCUT2D eigenvalue weighted by Crippen LogP contribution is -2.32. The third-order valence-electron chi connectivity index (χ3n) is 2.93. The van der Waals surface area contributed by atoms with Gasteiger partial charge in [-0.05, 0) is 30.4 Å². The standard InChI is InChI=1S/C13H14ClFO4/c1-18-6-12(13(16)17)19-11-5-10(15)9(14)4-8(11)7-2-3-7/h4-5,7,12H,2-3,6H2,1H3,(H,16,17). The van der Waals surface area contributed by atoms with Crippen molar-refractivity contribution in [2.45, 2.75) is 24.9 Å². The second-order valence-electron chi connectivity index (χ2n) is 4.48. The number of halogens is 2. The second-order valence-corrected chi connectivity index (χ2v) is 4.89. The predicted octanol–water partition coefficient (Wildman–Crippen LogP) is 2.83. The minimum atomic E-state index is -1.16. The van der Waals surface area contributed by atoms with Crippen molar-refractivity contribution < 1.29 is 23.8 Å². The Labute approximate surface area is 115 Å². The third-order valence-corrected chi connectivity index (χ3v) is 3.22. The maximum atomic E-state index is 13.5. The highest BCUT2D eigenvalue weighted by Gasteiger charge is 2.30. The highest BCUT2D eigenvalue weighted by atomic mass is 35.5. The molecule has 2 rings (SSSR count). The fourth-order valence-electron chi connectivity index (χ4n) is 1.82. The van der Waals surface area contributed by atoms with Gasteiger partial charge >= 0.3 is 5.97 Å². The quantitative estimate of drug-likeness (QED) is 0.874. The van der Waals surface area contributed by atoms with Crippen molar-refractivity contribution in [1.29, 1.82) is 0 Å². The van der Waals surface area contributed by atoms with Gasteiger partial charge in [-0.3, -0.25) is 0 Å². The van der Waals surface area contributed by atoms with E-state index in [0.29, 0.717) is 0 Å². The van der Waals surface area contributed by atoms with Crippen LogP contribution in [-0.2, 0) is 9.53 Å². The molecule has 1 atom stereocenters. The van der Waals surface area contributed by atoms with Crippen LogP contribution < -0.4 is 4.74 Å². The van der Waals surface area contributed by atoms with Crippen LogP contribution in [0.2, 0.25) is 5.02 Å². The molecule has 1 saturated carbocycles. The van der Waals surface area contributed by atoms with E-state index < -0.39 is 17.9 Å². The topological polar surface area (TPSA) is 55.8 Å². The number of carbonyl (C=O) groups is 1. The summed E-state index contributed by atoms with van der Waals surface area (Å²) in [6.07, 6.45) is 0.781. The smallest absolute Gasteiger partial charge is 0.347 e. The van der Waals surface area contributed by atoms with E-state index in [0.717, 1.165) is 24.5 Å². The van der Waals surface area contributed by atoms with E-state index in [-0.39, 0.29) is 23.3 Å². The van der Waals surface area contributed by atoms with E-state index in [2.05, 4.69) is 0 Å². The molecule has 4 nitrogen and oxygen atoms in total. The van der Waals surface area contributed by atoms with Gasteiger partial charge in [0, 0.05) is 13.2 Å². The normalized spacial score (nSPS) is 16.2. The van der Waals surface area contributed by atoms with Crippen LogP contribution in [0.15, 0.2) is 12.1 Å². The van der Waals surface area contributed by atoms with Gasteiger partial charge < -0.3 is 14.6 Å². The molecule has 1 aromatic rings. The molecule has 1 aromatic carbocycles. The highest BCUT2D eigenvalue weighted by molar-refractivity contribution is 6.30. The van der Waals surface area contributed by atoms with Crippen LogP contribution in [0.1, 0.15) is 24.3 Å². The van der Waals surface area contributed by atoms with Crippen molar-refractivity contribution in [3.05, 3.63) is 28.5 Å². The van der Waals surface area contributed by atoms with Crippen molar-refractivity contribution in [1.82, 2.24) is 0 Å². The van der Waals surface area contributed by atoms with Crippen LogP contribution in [0.25, 0.3) is 0 Å². The Morgan fingerprint density at radius 3 is 2.79 bits per heavy atom. The molecule has 1 fully saturated rings. The first kappa shape index (κ1) is 14.1. The number of rotatable bonds is 6. The number of ether oxygens (including phenoxy) is 2. The molecule has 0 aromatic heterocycles.